The summed E-state index contributed by atoms with van der Waals surface area (Å²) in [5, 5.41) is 14.5. The summed E-state index contributed by atoms with van der Waals surface area (Å²) in [6.07, 6.45) is 16.8. The Morgan fingerprint density at radius 1 is 0.331 bits per heavy atom. The average molecular weight is 1860 g/mol. The SMILES string of the molecule is C=C(C)C(=O)CCCOCCOCCNC(=O)C(=C)C.C=C(C)C(=O)OCCOCCOCCOC(=O)C(=C)C.C=C(C)C(=O)OCCP(=O)(O)CCOC(=O)C(=C)C.C=CC(=O)CCCC(=O)C=C.C=CC(=O)CCCCCCCNC(=O)C=C.C=CC(=O)OCC(O)COC(=O)C=C.C=CC(=O)OCCn1c(=O)n(CCOC(=O)C=C)c(=O)n(CCOC(=O)C=C)c1=O. The first-order chi connectivity index (χ1) is 61.3. The molecular formula is C90H132N5O34P. The number of hydrogen-bond donors (Lipinski definition) is 4. The molecule has 130 heavy (non-hydrogen) atoms. The highest BCUT2D eigenvalue weighted by Gasteiger charge is 2.21. The highest BCUT2D eigenvalue weighted by molar-refractivity contribution is 7.58. The van der Waals surface area contributed by atoms with E-state index in [1.54, 1.807) is 27.7 Å². The minimum Gasteiger partial charge on any atom is -0.462 e. The number of carbonyl (C=O) groups excluding carboxylic acids is 15. The second kappa shape index (κ2) is 83.3. The van der Waals surface area contributed by atoms with E-state index in [1.165, 1.54) is 38.2 Å². The first-order valence-corrected chi connectivity index (χ1v) is 42.3. The Labute approximate surface area is 759 Å². The molecule has 1 heterocycles. The number of nitrogens with zero attached hydrogens (tertiary/aromatic N) is 3. The lowest BCUT2D eigenvalue weighted by Gasteiger charge is -2.14. The third kappa shape index (κ3) is 78.8. The number of carbonyl (C=O) groups is 15. The molecule has 0 fully saturated rings. The third-order valence-electron chi connectivity index (χ3n) is 14.8. The first-order valence-electron chi connectivity index (χ1n) is 40.3. The summed E-state index contributed by atoms with van der Waals surface area (Å²) in [5.41, 5.74) is -0.736. The fraction of sp³-hybridized carbons (Fsp3) is 0.467. The zero-order valence-corrected chi connectivity index (χ0v) is 76.8. The van der Waals surface area contributed by atoms with Gasteiger partial charge in [-0.1, -0.05) is 118 Å². The van der Waals surface area contributed by atoms with Gasteiger partial charge in [0.2, 0.25) is 19.2 Å². The van der Waals surface area contributed by atoms with Crippen LogP contribution in [-0.2, 0) is 158 Å². The lowest BCUT2D eigenvalue weighted by Crippen LogP contribution is -2.55. The Hall–Kier alpha value is -12.7. The summed E-state index contributed by atoms with van der Waals surface area (Å²) in [6, 6.07) is 0. The van der Waals surface area contributed by atoms with Crippen LogP contribution in [0.5, 0.6) is 0 Å². The zero-order valence-electron chi connectivity index (χ0n) is 75.9. The molecule has 0 bridgehead atoms. The number of aliphatic hydroxyl groups excluding tert-OH is 1. The van der Waals surface area contributed by atoms with Gasteiger partial charge in [-0.3, -0.25) is 33.3 Å². The number of unbranched alkanes of at least 4 members (excludes halogenated alkanes) is 4. The second-order valence-electron chi connectivity index (χ2n) is 26.4. The average Bonchev–Trinajstić information content (AvgIpc) is 0.784. The molecule has 0 atom stereocenters. The fourth-order valence-electron chi connectivity index (χ4n) is 7.78. The Morgan fingerprint density at radius 2 is 0.638 bits per heavy atom. The fourth-order valence-corrected chi connectivity index (χ4v) is 8.76. The lowest BCUT2D eigenvalue weighted by atomic mass is 10.1. The molecule has 0 aliphatic heterocycles. The molecular weight excluding hydrogens is 1730 g/mol. The van der Waals surface area contributed by atoms with Crippen LogP contribution in [-0.4, -0.2) is 256 Å². The Kier molecular flexibility index (Phi) is 82.1. The smallest absolute Gasteiger partial charge is 0.336 e. The van der Waals surface area contributed by atoms with E-state index in [9.17, 15) is 95.8 Å². The second-order valence-corrected chi connectivity index (χ2v) is 29.0. The lowest BCUT2D eigenvalue weighted by molar-refractivity contribution is -0.147. The van der Waals surface area contributed by atoms with Crippen LogP contribution in [0.2, 0.25) is 0 Å². The number of aliphatic hydroxyl groups is 1. The number of aromatic nitrogens is 3. The predicted octanol–water partition coefficient (Wildman–Crippen LogP) is 6.61. The number of hydrogen-bond acceptors (Lipinski definition) is 33. The van der Waals surface area contributed by atoms with E-state index in [1.807, 2.05) is 0 Å². The summed E-state index contributed by atoms with van der Waals surface area (Å²) in [4.78, 5) is 211. The first kappa shape index (κ1) is 128. The number of nitrogens with one attached hydrogen (secondary N) is 2. The van der Waals surface area contributed by atoms with Gasteiger partial charge in [-0.15, -0.1) is 0 Å². The quantitative estimate of drug-likeness (QED) is 0.0175. The minimum atomic E-state index is -3.48. The summed E-state index contributed by atoms with van der Waals surface area (Å²) in [6.45, 7) is 61.7. The van der Waals surface area contributed by atoms with Gasteiger partial charge in [0.1, 0.15) is 65.6 Å². The molecule has 0 saturated carbocycles. The van der Waals surface area contributed by atoms with Gasteiger partial charge in [0.25, 0.3) is 0 Å². The largest absolute Gasteiger partial charge is 0.462 e. The van der Waals surface area contributed by atoms with Crippen LogP contribution in [0.4, 0.5) is 0 Å². The molecule has 0 saturated heterocycles. The summed E-state index contributed by atoms with van der Waals surface area (Å²) in [5.74, 6) is -5.71. The van der Waals surface area contributed by atoms with Crippen molar-refractivity contribution in [2.45, 2.75) is 138 Å². The van der Waals surface area contributed by atoms with Crippen molar-refractivity contribution in [3.63, 3.8) is 0 Å². The van der Waals surface area contributed by atoms with Crippen LogP contribution in [0.25, 0.3) is 0 Å². The topological polar surface area (TPSA) is 524 Å². The van der Waals surface area contributed by atoms with Crippen molar-refractivity contribution in [1.82, 2.24) is 24.3 Å². The molecule has 0 aliphatic carbocycles. The molecule has 40 heteroatoms. The molecule has 0 radical (unpaired) electrons. The van der Waals surface area contributed by atoms with Gasteiger partial charge in [-0.05, 0) is 97.1 Å². The van der Waals surface area contributed by atoms with Crippen LogP contribution >= 0.6 is 7.37 Å². The van der Waals surface area contributed by atoms with E-state index in [0.717, 1.165) is 62.5 Å². The predicted molar refractivity (Wildman–Crippen MR) is 484 cm³/mol. The van der Waals surface area contributed by atoms with E-state index in [2.05, 4.69) is 119 Å². The molecule has 726 valence electrons. The maximum absolute atomic E-state index is 12.6. The molecule has 1 aromatic rings. The van der Waals surface area contributed by atoms with Gasteiger partial charge >= 0.3 is 70.8 Å². The Morgan fingerprint density at radius 3 is 0.962 bits per heavy atom. The van der Waals surface area contributed by atoms with Gasteiger partial charge in [-0.25, -0.2) is 71.2 Å². The van der Waals surface area contributed by atoms with Crippen LogP contribution < -0.4 is 27.7 Å². The normalized spacial score (nSPS) is 9.85. The number of ketones is 4. The highest BCUT2D eigenvalue weighted by Crippen LogP contribution is 2.39. The highest BCUT2D eigenvalue weighted by atomic mass is 31.2. The van der Waals surface area contributed by atoms with E-state index in [0.29, 0.717) is 140 Å². The van der Waals surface area contributed by atoms with Gasteiger partial charge in [0.05, 0.1) is 78.2 Å². The molecule has 2 amide bonds. The molecule has 39 nitrogen and oxygen atoms in total. The molecule has 0 spiro atoms. The van der Waals surface area contributed by atoms with E-state index < -0.39 is 84.3 Å². The zero-order chi connectivity index (χ0) is 100. The van der Waals surface area contributed by atoms with Gasteiger partial charge in [0.15, 0.2) is 23.1 Å². The monoisotopic (exact) mass is 1860 g/mol. The van der Waals surface area contributed by atoms with E-state index in [4.69, 9.17) is 57.2 Å². The van der Waals surface area contributed by atoms with Crippen LogP contribution in [0.1, 0.15) is 112 Å². The van der Waals surface area contributed by atoms with Crippen LogP contribution in [0.15, 0.2) is 201 Å². The minimum absolute atomic E-state index is 0.0122. The molecule has 0 aliphatic rings. The number of rotatable bonds is 65. The maximum Gasteiger partial charge on any atom is 0.336 e. The standard InChI is InChI=1S/C18H21N3O9.C15H25NO4.C14H22O6.C13H21NO2.C12H19O6P.C9H12O5.C9H12O2/c1-4-13(22)28-10-7-19-16(25)20(8-11-29-14(23)5-2)18(27)21(17(19)26)9-12-30-15(24)6-3;1-12(2)14(17)6-5-8-19-10-11-20-9-7-16-15(18)13(3)4;1-11(2)13(15)19-9-7-17-5-6-18-8-10-20-14(16)12(3)4;1-3-12(15)10-8-6-5-7-9-11-14-13(16)4-2;1-9(2)11(13)17-5-7-19(15,16)8-6-18-12(14)10(3)4;1-3-8(11)13-5-7(10)6-14-9(12)4-2;1-3-8(10)6-5-7-9(11)4-2/h4-6H,1-3,7-12H2;1,3,5-11H2,2,4H3,(H,16,18);1,3,5-10H2,2,4H3;3-4H,1-2,5-11H2,(H,14,16);1,3,5-8H2,2,4H3,(H,15,16);3-4,7,10H,1-2,5-6H2;3-4H,1-2,5-7H2. The Balaban J connectivity index is -0.000000352. The summed E-state index contributed by atoms with van der Waals surface area (Å²) in [7, 11) is -3.48. The van der Waals surface area contributed by atoms with Crippen molar-refractivity contribution < 1.29 is 148 Å². The van der Waals surface area contributed by atoms with Crippen LogP contribution in [0.3, 0.4) is 0 Å². The molecule has 1 rings (SSSR count). The van der Waals surface area contributed by atoms with Crippen LogP contribution in [0, 0.1) is 0 Å². The molecule has 4 N–H and O–H groups in total. The van der Waals surface area contributed by atoms with Gasteiger partial charge < -0.3 is 82.2 Å². The number of Topliss-reactive ketones (excluding diaryl/α,β-unsaturated/α-hetero) is 1. The van der Waals surface area contributed by atoms with E-state index in [-0.39, 0.29) is 138 Å². The van der Waals surface area contributed by atoms with Crippen molar-refractivity contribution in [1.29, 1.82) is 0 Å². The number of allylic oxidation sites excluding steroid dienone is 4. The molecule has 1 aromatic heterocycles. The maximum atomic E-state index is 12.6. The van der Waals surface area contributed by atoms with Crippen molar-refractivity contribution in [3.05, 3.63) is 218 Å². The van der Waals surface area contributed by atoms with Gasteiger partial charge in [-0.2, -0.15) is 0 Å². The number of ether oxygens (including phenoxy) is 13. The van der Waals surface area contributed by atoms with Crippen molar-refractivity contribution in [2.75, 3.05) is 138 Å². The van der Waals surface area contributed by atoms with Gasteiger partial charge in [0, 0.05) is 104 Å². The molecule has 0 unspecified atom stereocenters. The number of esters is 9. The Bertz CT molecular complexity index is 3790. The number of amides is 2. The van der Waals surface area contributed by atoms with Crippen molar-refractivity contribution in [2.24, 2.45) is 0 Å². The summed E-state index contributed by atoms with van der Waals surface area (Å²) >= 11 is 0. The van der Waals surface area contributed by atoms with Crippen molar-refractivity contribution >= 4 is 96.0 Å². The summed E-state index contributed by atoms with van der Waals surface area (Å²) < 4.78 is 76.9. The van der Waals surface area contributed by atoms with Crippen molar-refractivity contribution in [3.8, 4) is 0 Å². The third-order valence-corrected chi connectivity index (χ3v) is 16.6. The van der Waals surface area contributed by atoms with E-state index >= 15 is 0 Å². The molecule has 0 aromatic carbocycles.